The summed E-state index contributed by atoms with van der Waals surface area (Å²) in [4.78, 5) is 11.7. The molecule has 3 heteroatoms. The van der Waals surface area contributed by atoms with Crippen LogP contribution in [0, 0.1) is 11.3 Å². The summed E-state index contributed by atoms with van der Waals surface area (Å²) in [5, 5.41) is 0.362. The molecule has 0 heterocycles. The molecular weight excluding hydrogens is 232 g/mol. The molecule has 2 nitrogen and oxygen atoms in total. The number of thioether (sulfide) groups is 1. The van der Waals surface area contributed by atoms with Crippen molar-refractivity contribution in [2.45, 2.75) is 65.4 Å². The van der Waals surface area contributed by atoms with E-state index in [1.54, 1.807) is 0 Å². The molecule has 0 radical (unpaired) electrons. The van der Waals surface area contributed by atoms with Gasteiger partial charge in [-0.2, -0.15) is 0 Å². The van der Waals surface area contributed by atoms with Crippen LogP contribution in [-0.4, -0.2) is 22.6 Å². The van der Waals surface area contributed by atoms with Crippen molar-refractivity contribution < 1.29 is 9.53 Å². The largest absolute Gasteiger partial charge is 0.464 e. The van der Waals surface area contributed by atoms with E-state index >= 15 is 0 Å². The predicted octanol–water partition coefficient (Wildman–Crippen LogP) is 4.13. The van der Waals surface area contributed by atoms with E-state index in [-0.39, 0.29) is 10.7 Å². The average Bonchev–Trinajstić information content (AvgIpc) is 2.07. The van der Waals surface area contributed by atoms with Crippen LogP contribution in [0.4, 0.5) is 0 Å². The van der Waals surface area contributed by atoms with Gasteiger partial charge in [0, 0.05) is 10.00 Å². The molecule has 1 atom stereocenters. The number of ether oxygens (including phenoxy) is 1. The van der Waals surface area contributed by atoms with Crippen molar-refractivity contribution in [2.24, 2.45) is 11.3 Å². The Balaban J connectivity index is 4.34. The lowest BCUT2D eigenvalue weighted by Gasteiger charge is -2.29. The lowest BCUT2D eigenvalue weighted by Crippen LogP contribution is -2.30. The monoisotopic (exact) mass is 260 g/mol. The second-order valence-electron chi connectivity index (χ2n) is 6.86. The van der Waals surface area contributed by atoms with Gasteiger partial charge < -0.3 is 4.74 Å². The number of carbonyl (C=O) groups excluding carboxylic acids is 1. The summed E-state index contributed by atoms with van der Waals surface area (Å²) < 4.78 is 5.61. The molecule has 0 saturated heterocycles. The Morgan fingerprint density at radius 3 is 1.88 bits per heavy atom. The molecule has 0 aromatic rings. The van der Waals surface area contributed by atoms with Crippen LogP contribution in [-0.2, 0) is 9.53 Å². The minimum absolute atomic E-state index is 0.113. The zero-order chi connectivity index (χ0) is 13.9. The quantitative estimate of drug-likeness (QED) is 0.711. The predicted molar refractivity (Wildman–Crippen MR) is 76.4 cm³/mol. The zero-order valence-corrected chi connectivity index (χ0v) is 13.4. The second kappa shape index (κ2) is 6.12. The molecular formula is C14H28O2S. The highest BCUT2D eigenvalue weighted by Gasteiger charge is 2.27. The van der Waals surface area contributed by atoms with Gasteiger partial charge in [-0.25, -0.2) is 0 Å². The van der Waals surface area contributed by atoms with Gasteiger partial charge >= 0.3 is 5.97 Å². The van der Waals surface area contributed by atoms with Gasteiger partial charge in [0.1, 0.15) is 6.61 Å². The van der Waals surface area contributed by atoms with Crippen molar-refractivity contribution in [1.29, 1.82) is 0 Å². The third kappa shape index (κ3) is 7.69. The van der Waals surface area contributed by atoms with Gasteiger partial charge in [0.2, 0.25) is 0 Å². The maximum absolute atomic E-state index is 11.7. The summed E-state index contributed by atoms with van der Waals surface area (Å²) in [7, 11) is 0. The van der Waals surface area contributed by atoms with Crippen molar-refractivity contribution in [3.63, 3.8) is 0 Å². The summed E-state index contributed by atoms with van der Waals surface area (Å²) in [6.07, 6.45) is 0. The maximum atomic E-state index is 11.7. The molecule has 0 unspecified atom stereocenters. The standard InChI is InChI=1S/C14H28O2S/c1-10(2)11(17-14(6,7)8)9-16-12(15)13(3,4)5/h10-11H,9H2,1-8H3/t11-/m0/s1. The van der Waals surface area contributed by atoms with Crippen LogP contribution in [0.5, 0.6) is 0 Å². The zero-order valence-electron chi connectivity index (χ0n) is 12.6. The van der Waals surface area contributed by atoms with E-state index in [2.05, 4.69) is 34.6 Å². The summed E-state index contributed by atoms with van der Waals surface area (Å²) >= 11 is 1.89. The van der Waals surface area contributed by atoms with Crippen LogP contribution in [0.3, 0.4) is 0 Å². The summed E-state index contributed by atoms with van der Waals surface area (Å²) in [5.41, 5.74) is -0.409. The molecule has 17 heavy (non-hydrogen) atoms. The van der Waals surface area contributed by atoms with Crippen LogP contribution in [0.1, 0.15) is 55.4 Å². The Kier molecular flexibility index (Phi) is 6.06. The fourth-order valence-corrected chi connectivity index (χ4v) is 2.51. The highest BCUT2D eigenvalue weighted by molar-refractivity contribution is 8.01. The SMILES string of the molecule is CC(C)[C@H](COC(=O)C(C)(C)C)SC(C)(C)C. The first-order chi connectivity index (χ1) is 7.43. The molecule has 0 spiro atoms. The number of hydrogen-bond acceptors (Lipinski definition) is 3. The molecule has 0 aromatic carbocycles. The molecule has 0 rings (SSSR count). The Hall–Kier alpha value is -0.180. The molecule has 0 aliphatic carbocycles. The van der Waals surface area contributed by atoms with Gasteiger partial charge in [0.05, 0.1) is 5.41 Å². The van der Waals surface area contributed by atoms with Gasteiger partial charge in [-0.1, -0.05) is 34.6 Å². The highest BCUT2D eigenvalue weighted by atomic mass is 32.2. The van der Waals surface area contributed by atoms with Crippen molar-refractivity contribution in [2.75, 3.05) is 6.61 Å². The average molecular weight is 260 g/mol. The number of esters is 1. The Labute approximate surface area is 111 Å². The van der Waals surface area contributed by atoms with Gasteiger partial charge in [0.15, 0.2) is 0 Å². The third-order valence-corrected chi connectivity index (χ3v) is 3.93. The fourth-order valence-electron chi connectivity index (χ4n) is 1.19. The summed E-state index contributed by atoms with van der Waals surface area (Å²) in [5.74, 6) is 0.393. The van der Waals surface area contributed by atoms with Gasteiger partial charge in [-0.05, 0) is 26.7 Å². The normalized spacial score (nSPS) is 14.9. The molecule has 0 amide bonds. The number of carbonyl (C=O) groups is 1. The van der Waals surface area contributed by atoms with Gasteiger partial charge in [0.25, 0.3) is 0 Å². The van der Waals surface area contributed by atoms with Crippen molar-refractivity contribution in [3.05, 3.63) is 0 Å². The van der Waals surface area contributed by atoms with E-state index in [0.29, 0.717) is 17.8 Å². The van der Waals surface area contributed by atoms with E-state index in [9.17, 15) is 4.79 Å². The van der Waals surface area contributed by atoms with Crippen molar-refractivity contribution in [1.82, 2.24) is 0 Å². The Morgan fingerprint density at radius 2 is 1.59 bits per heavy atom. The number of hydrogen-bond donors (Lipinski definition) is 0. The summed E-state index contributed by atoms with van der Waals surface area (Å²) in [6.45, 7) is 17.1. The maximum Gasteiger partial charge on any atom is 0.311 e. The molecule has 0 bridgehead atoms. The fraction of sp³-hybridized carbons (Fsp3) is 0.929. The van der Waals surface area contributed by atoms with E-state index < -0.39 is 5.41 Å². The molecule has 0 fully saturated rings. The highest BCUT2D eigenvalue weighted by Crippen LogP contribution is 2.32. The molecule has 0 aromatic heterocycles. The van der Waals surface area contributed by atoms with Crippen LogP contribution in [0.2, 0.25) is 0 Å². The van der Waals surface area contributed by atoms with Crippen LogP contribution >= 0.6 is 11.8 Å². The van der Waals surface area contributed by atoms with Gasteiger partial charge in [-0.3, -0.25) is 4.79 Å². The summed E-state index contributed by atoms with van der Waals surface area (Å²) in [6, 6.07) is 0. The van der Waals surface area contributed by atoms with E-state index in [1.807, 2.05) is 32.5 Å². The topological polar surface area (TPSA) is 26.3 Å². The van der Waals surface area contributed by atoms with Crippen molar-refractivity contribution in [3.8, 4) is 0 Å². The van der Waals surface area contributed by atoms with E-state index in [4.69, 9.17) is 4.74 Å². The van der Waals surface area contributed by atoms with Crippen LogP contribution < -0.4 is 0 Å². The Bertz CT molecular complexity index is 246. The first-order valence-electron chi connectivity index (χ1n) is 6.28. The second-order valence-corrected chi connectivity index (χ2v) is 8.93. The van der Waals surface area contributed by atoms with Crippen LogP contribution in [0.25, 0.3) is 0 Å². The molecule has 0 aliphatic rings. The molecule has 102 valence electrons. The first-order valence-corrected chi connectivity index (χ1v) is 7.16. The van der Waals surface area contributed by atoms with E-state index in [1.165, 1.54) is 0 Å². The minimum Gasteiger partial charge on any atom is -0.464 e. The lowest BCUT2D eigenvalue weighted by atomic mass is 9.97. The third-order valence-electron chi connectivity index (χ3n) is 2.24. The smallest absolute Gasteiger partial charge is 0.311 e. The first kappa shape index (κ1) is 16.8. The molecule has 0 N–H and O–H groups in total. The molecule has 0 aliphatic heterocycles. The van der Waals surface area contributed by atoms with E-state index in [0.717, 1.165) is 0 Å². The van der Waals surface area contributed by atoms with Crippen molar-refractivity contribution >= 4 is 17.7 Å². The van der Waals surface area contributed by atoms with Crippen LogP contribution in [0.15, 0.2) is 0 Å². The Morgan fingerprint density at radius 1 is 1.12 bits per heavy atom. The lowest BCUT2D eigenvalue weighted by molar-refractivity contribution is -0.153. The molecule has 0 saturated carbocycles. The van der Waals surface area contributed by atoms with Gasteiger partial charge in [-0.15, -0.1) is 11.8 Å². The number of rotatable bonds is 4. The minimum atomic E-state index is -0.409.